The van der Waals surface area contributed by atoms with Crippen molar-refractivity contribution in [3.05, 3.63) is 23.8 Å². The van der Waals surface area contributed by atoms with E-state index >= 15 is 0 Å². The molecule has 0 bridgehead atoms. The average Bonchev–Trinajstić information content (AvgIpc) is 2.53. The van der Waals surface area contributed by atoms with Gasteiger partial charge < -0.3 is 14.8 Å². The van der Waals surface area contributed by atoms with Crippen LogP contribution in [0.1, 0.15) is 25.3 Å². The first-order valence-corrected chi connectivity index (χ1v) is 8.90. The van der Waals surface area contributed by atoms with Crippen molar-refractivity contribution in [1.29, 1.82) is 0 Å². The Bertz CT molecular complexity index is 433. The normalized spacial score (nSPS) is 17.5. The molecular weight excluding hydrogens is 282 g/mol. The summed E-state index contributed by atoms with van der Waals surface area (Å²) in [4.78, 5) is 0. The van der Waals surface area contributed by atoms with Gasteiger partial charge in [-0.2, -0.15) is 11.8 Å². The molecule has 3 nitrogen and oxygen atoms in total. The third kappa shape index (κ3) is 5.11. The number of hydrogen-bond donors (Lipinski definition) is 1. The predicted molar refractivity (Wildman–Crippen MR) is 90.8 cm³/mol. The average molecular weight is 309 g/mol. The molecule has 21 heavy (non-hydrogen) atoms. The van der Waals surface area contributed by atoms with Crippen LogP contribution in [0.2, 0.25) is 0 Å². The molecular formula is C17H27NO2S. The Morgan fingerprint density at radius 2 is 1.90 bits per heavy atom. The van der Waals surface area contributed by atoms with E-state index in [1.165, 1.54) is 29.9 Å². The van der Waals surface area contributed by atoms with Crippen LogP contribution >= 0.6 is 11.8 Å². The monoisotopic (exact) mass is 309 g/mol. The van der Waals surface area contributed by atoms with E-state index in [1.807, 2.05) is 6.07 Å². The fraction of sp³-hybridized carbons (Fsp3) is 0.647. The summed E-state index contributed by atoms with van der Waals surface area (Å²) >= 11 is 2.09. The first-order chi connectivity index (χ1) is 10.2. The minimum atomic E-state index is 0.484. The fourth-order valence-electron chi connectivity index (χ4n) is 2.75. The predicted octanol–water partition coefficient (Wildman–Crippen LogP) is 3.37. The molecule has 2 rings (SSSR count). The van der Waals surface area contributed by atoms with Gasteiger partial charge in [0.2, 0.25) is 0 Å². The highest BCUT2D eigenvalue weighted by Gasteiger charge is 2.15. The first-order valence-electron chi connectivity index (χ1n) is 7.75. The Hall–Kier alpha value is -0.870. The zero-order chi connectivity index (χ0) is 15.1. The van der Waals surface area contributed by atoms with E-state index in [9.17, 15) is 0 Å². The molecule has 0 saturated carbocycles. The van der Waals surface area contributed by atoms with E-state index in [2.05, 4.69) is 36.1 Å². The van der Waals surface area contributed by atoms with Gasteiger partial charge in [-0.1, -0.05) is 6.07 Å². The summed E-state index contributed by atoms with van der Waals surface area (Å²) in [6.07, 6.45) is 3.74. The van der Waals surface area contributed by atoms with Crippen LogP contribution < -0.4 is 14.8 Å². The van der Waals surface area contributed by atoms with Gasteiger partial charge in [0, 0.05) is 6.04 Å². The van der Waals surface area contributed by atoms with Crippen LogP contribution in [0.15, 0.2) is 18.2 Å². The molecule has 1 heterocycles. The molecule has 0 radical (unpaired) electrons. The number of methoxy groups -OCH3 is 2. The lowest BCUT2D eigenvalue weighted by Gasteiger charge is -2.24. The summed E-state index contributed by atoms with van der Waals surface area (Å²) in [5.41, 5.74) is 1.28. The molecule has 1 aliphatic rings. The van der Waals surface area contributed by atoms with Gasteiger partial charge in [-0.25, -0.2) is 0 Å². The van der Waals surface area contributed by atoms with Crippen molar-refractivity contribution in [1.82, 2.24) is 5.32 Å². The second-order valence-electron chi connectivity index (χ2n) is 5.76. The van der Waals surface area contributed by atoms with Crippen molar-refractivity contribution < 1.29 is 9.47 Å². The lowest BCUT2D eigenvalue weighted by atomic mass is 10.0. The van der Waals surface area contributed by atoms with E-state index in [-0.39, 0.29) is 0 Å². The molecule has 0 aromatic heterocycles. The lowest BCUT2D eigenvalue weighted by molar-refractivity contribution is 0.354. The molecule has 1 saturated heterocycles. The highest BCUT2D eigenvalue weighted by Crippen LogP contribution is 2.28. The van der Waals surface area contributed by atoms with Crippen LogP contribution in [0.5, 0.6) is 11.5 Å². The minimum absolute atomic E-state index is 0.484. The van der Waals surface area contributed by atoms with Crippen LogP contribution in [0.3, 0.4) is 0 Å². The number of rotatable bonds is 7. The third-order valence-corrected chi connectivity index (χ3v) is 5.13. The summed E-state index contributed by atoms with van der Waals surface area (Å²) in [5, 5.41) is 3.69. The molecule has 1 fully saturated rings. The van der Waals surface area contributed by atoms with Gasteiger partial charge >= 0.3 is 0 Å². The lowest BCUT2D eigenvalue weighted by Crippen LogP contribution is -2.34. The van der Waals surface area contributed by atoms with E-state index < -0.39 is 0 Å². The van der Waals surface area contributed by atoms with Gasteiger partial charge in [-0.3, -0.25) is 0 Å². The van der Waals surface area contributed by atoms with Crippen LogP contribution in [0.4, 0.5) is 0 Å². The standard InChI is InChI=1S/C17H27NO2S/c1-13(18-12-14-6-8-21-9-7-14)10-15-4-5-16(19-2)17(11-15)20-3/h4-5,11,13-14,18H,6-10,12H2,1-3H3. The van der Waals surface area contributed by atoms with Gasteiger partial charge in [-0.05, 0) is 67.9 Å². The van der Waals surface area contributed by atoms with Crippen molar-refractivity contribution in [3.63, 3.8) is 0 Å². The summed E-state index contributed by atoms with van der Waals surface area (Å²) in [6.45, 7) is 3.41. The third-order valence-electron chi connectivity index (χ3n) is 4.09. The maximum absolute atomic E-state index is 5.37. The van der Waals surface area contributed by atoms with Crippen molar-refractivity contribution in [2.24, 2.45) is 5.92 Å². The van der Waals surface area contributed by atoms with Gasteiger partial charge in [0.15, 0.2) is 11.5 Å². The topological polar surface area (TPSA) is 30.5 Å². The largest absolute Gasteiger partial charge is 0.493 e. The number of nitrogens with one attached hydrogen (secondary N) is 1. The summed E-state index contributed by atoms with van der Waals surface area (Å²) in [6, 6.07) is 6.67. The Morgan fingerprint density at radius 1 is 1.19 bits per heavy atom. The number of ether oxygens (including phenoxy) is 2. The maximum Gasteiger partial charge on any atom is 0.160 e. The molecule has 4 heteroatoms. The Balaban J connectivity index is 1.82. The summed E-state index contributed by atoms with van der Waals surface area (Å²) in [7, 11) is 3.36. The molecule has 0 amide bonds. The molecule has 1 aromatic rings. The van der Waals surface area contributed by atoms with Gasteiger partial charge in [0.05, 0.1) is 14.2 Å². The van der Waals surface area contributed by atoms with Crippen molar-refractivity contribution in [3.8, 4) is 11.5 Å². The SMILES string of the molecule is COc1ccc(CC(C)NCC2CCSCC2)cc1OC. The smallest absolute Gasteiger partial charge is 0.160 e. The maximum atomic E-state index is 5.37. The minimum Gasteiger partial charge on any atom is -0.493 e. The van der Waals surface area contributed by atoms with Crippen LogP contribution in [0.25, 0.3) is 0 Å². The number of benzene rings is 1. The van der Waals surface area contributed by atoms with Crippen LogP contribution in [-0.4, -0.2) is 38.3 Å². The van der Waals surface area contributed by atoms with Gasteiger partial charge in [0.1, 0.15) is 0 Å². The molecule has 1 unspecified atom stereocenters. The first kappa shape index (κ1) is 16.5. The molecule has 1 atom stereocenters. The summed E-state index contributed by atoms with van der Waals surface area (Å²) < 4.78 is 10.6. The molecule has 1 aliphatic heterocycles. The molecule has 0 spiro atoms. The Kier molecular flexibility index (Phi) is 6.71. The van der Waals surface area contributed by atoms with Crippen molar-refractivity contribution in [2.45, 2.75) is 32.2 Å². The molecule has 0 aliphatic carbocycles. The Labute approximate surface area is 132 Å². The quantitative estimate of drug-likeness (QED) is 0.836. The van der Waals surface area contributed by atoms with E-state index in [0.717, 1.165) is 30.4 Å². The second kappa shape index (κ2) is 8.54. The zero-order valence-corrected chi connectivity index (χ0v) is 14.2. The summed E-state index contributed by atoms with van der Waals surface area (Å²) in [5.74, 6) is 5.12. The number of hydrogen-bond acceptors (Lipinski definition) is 4. The molecule has 1 aromatic carbocycles. The van der Waals surface area contributed by atoms with Crippen LogP contribution in [0, 0.1) is 5.92 Å². The Morgan fingerprint density at radius 3 is 2.57 bits per heavy atom. The van der Waals surface area contributed by atoms with Crippen LogP contribution in [-0.2, 0) is 6.42 Å². The zero-order valence-electron chi connectivity index (χ0n) is 13.4. The second-order valence-corrected chi connectivity index (χ2v) is 6.98. The number of thioether (sulfide) groups is 1. The molecule has 1 N–H and O–H groups in total. The van der Waals surface area contributed by atoms with Gasteiger partial charge in [0.25, 0.3) is 0 Å². The van der Waals surface area contributed by atoms with E-state index in [1.54, 1.807) is 14.2 Å². The van der Waals surface area contributed by atoms with Crippen molar-refractivity contribution in [2.75, 3.05) is 32.3 Å². The molecule has 118 valence electrons. The highest BCUT2D eigenvalue weighted by molar-refractivity contribution is 7.99. The van der Waals surface area contributed by atoms with E-state index in [0.29, 0.717) is 6.04 Å². The van der Waals surface area contributed by atoms with Gasteiger partial charge in [-0.15, -0.1) is 0 Å². The fourth-order valence-corrected chi connectivity index (χ4v) is 3.96. The van der Waals surface area contributed by atoms with Crippen molar-refractivity contribution >= 4 is 11.8 Å². The highest BCUT2D eigenvalue weighted by atomic mass is 32.2. The van der Waals surface area contributed by atoms with E-state index in [4.69, 9.17) is 9.47 Å².